The molecule has 0 saturated heterocycles. The largest absolute Gasteiger partial charge is 0.342 e. The van der Waals surface area contributed by atoms with Crippen LogP contribution in [0.5, 0.6) is 0 Å². The van der Waals surface area contributed by atoms with Gasteiger partial charge < -0.3 is 4.90 Å². The Morgan fingerprint density at radius 2 is 1.65 bits per heavy atom. The van der Waals surface area contributed by atoms with E-state index in [-0.39, 0.29) is 11.6 Å². The summed E-state index contributed by atoms with van der Waals surface area (Å²) in [6.45, 7) is 5.46. The molecule has 0 spiro atoms. The number of ketones is 1. The van der Waals surface area contributed by atoms with Crippen molar-refractivity contribution in [3.63, 3.8) is 0 Å². The monoisotopic (exact) mass is 271 g/mol. The quantitative estimate of drug-likeness (QED) is 0.770. The van der Waals surface area contributed by atoms with Crippen LogP contribution in [0.3, 0.4) is 0 Å². The average Bonchev–Trinajstić information content (AvgIpc) is 2.36. The molecule has 2 aromatic rings. The van der Waals surface area contributed by atoms with Gasteiger partial charge in [-0.2, -0.15) is 0 Å². The number of hydrogen-bond acceptors (Lipinski definition) is 2. The summed E-state index contributed by atoms with van der Waals surface area (Å²) < 4.78 is 14.2. The molecule has 0 N–H and O–H groups in total. The standard InChI is InChI=1S/C17H18FNO/c1-11-7-12(2)9-15(8-11)19(4)17-6-5-14(13(3)20)10-16(17)18/h5-10H,1-4H3. The van der Waals surface area contributed by atoms with Gasteiger partial charge in [0.15, 0.2) is 5.78 Å². The number of hydrogen-bond donors (Lipinski definition) is 0. The van der Waals surface area contributed by atoms with Gasteiger partial charge in [0, 0.05) is 18.3 Å². The summed E-state index contributed by atoms with van der Waals surface area (Å²) in [6.07, 6.45) is 0. The summed E-state index contributed by atoms with van der Waals surface area (Å²) in [5, 5.41) is 0. The van der Waals surface area contributed by atoms with Gasteiger partial charge in [-0.3, -0.25) is 4.79 Å². The number of aryl methyl sites for hydroxylation is 2. The third-order valence-corrected chi connectivity index (χ3v) is 3.31. The Morgan fingerprint density at radius 1 is 1.05 bits per heavy atom. The van der Waals surface area contributed by atoms with Gasteiger partial charge in [0.1, 0.15) is 5.82 Å². The second-order valence-electron chi connectivity index (χ2n) is 5.13. The summed E-state index contributed by atoms with van der Waals surface area (Å²) in [7, 11) is 1.82. The summed E-state index contributed by atoms with van der Waals surface area (Å²) in [4.78, 5) is 13.0. The minimum Gasteiger partial charge on any atom is -0.342 e. The fourth-order valence-electron chi connectivity index (χ4n) is 2.28. The van der Waals surface area contributed by atoms with E-state index in [1.54, 1.807) is 17.0 Å². The maximum Gasteiger partial charge on any atom is 0.159 e. The van der Waals surface area contributed by atoms with E-state index in [0.29, 0.717) is 11.3 Å². The van der Waals surface area contributed by atoms with Gasteiger partial charge in [-0.25, -0.2) is 4.39 Å². The van der Waals surface area contributed by atoms with E-state index in [1.165, 1.54) is 13.0 Å². The Kier molecular flexibility index (Phi) is 3.89. The molecule has 0 bridgehead atoms. The molecule has 104 valence electrons. The van der Waals surface area contributed by atoms with Crippen molar-refractivity contribution in [3.8, 4) is 0 Å². The van der Waals surface area contributed by atoms with Gasteiger partial charge in [-0.05, 0) is 62.2 Å². The van der Waals surface area contributed by atoms with Crippen molar-refractivity contribution in [2.45, 2.75) is 20.8 Å². The Morgan fingerprint density at radius 3 is 2.15 bits per heavy atom. The van der Waals surface area contributed by atoms with Gasteiger partial charge >= 0.3 is 0 Å². The molecule has 0 fully saturated rings. The smallest absolute Gasteiger partial charge is 0.159 e. The van der Waals surface area contributed by atoms with E-state index in [0.717, 1.165) is 16.8 Å². The van der Waals surface area contributed by atoms with Crippen LogP contribution in [0.15, 0.2) is 36.4 Å². The molecular formula is C17H18FNO. The molecule has 0 aliphatic carbocycles. The topological polar surface area (TPSA) is 20.3 Å². The number of halogens is 1. The summed E-state index contributed by atoms with van der Waals surface area (Å²) in [5.74, 6) is -0.524. The van der Waals surface area contributed by atoms with Crippen molar-refractivity contribution in [2.24, 2.45) is 0 Å². The van der Waals surface area contributed by atoms with Gasteiger partial charge in [0.25, 0.3) is 0 Å². The van der Waals surface area contributed by atoms with Crippen LogP contribution >= 0.6 is 0 Å². The highest BCUT2D eigenvalue weighted by Gasteiger charge is 2.12. The first kappa shape index (κ1) is 14.3. The summed E-state index contributed by atoms with van der Waals surface area (Å²) >= 11 is 0. The zero-order chi connectivity index (χ0) is 14.9. The minimum atomic E-state index is -0.389. The Bertz CT molecular complexity index is 644. The lowest BCUT2D eigenvalue weighted by Gasteiger charge is -2.21. The lowest BCUT2D eigenvalue weighted by Crippen LogP contribution is -2.12. The molecular weight excluding hydrogens is 253 g/mol. The van der Waals surface area contributed by atoms with Crippen molar-refractivity contribution in [1.82, 2.24) is 0 Å². The van der Waals surface area contributed by atoms with E-state index in [1.807, 2.05) is 33.0 Å². The highest BCUT2D eigenvalue weighted by atomic mass is 19.1. The Hall–Kier alpha value is -2.16. The number of rotatable bonds is 3. The number of Topliss-reactive ketones (excluding diaryl/α,β-unsaturated/α-hetero) is 1. The molecule has 2 aromatic carbocycles. The zero-order valence-electron chi connectivity index (χ0n) is 12.2. The van der Waals surface area contributed by atoms with Crippen LogP contribution in [-0.2, 0) is 0 Å². The number of carbonyl (C=O) groups excluding carboxylic acids is 1. The van der Waals surface area contributed by atoms with Gasteiger partial charge in [-0.1, -0.05) is 6.07 Å². The molecule has 0 heterocycles. The molecule has 20 heavy (non-hydrogen) atoms. The number of benzene rings is 2. The molecule has 0 atom stereocenters. The highest BCUT2D eigenvalue weighted by molar-refractivity contribution is 5.94. The number of carbonyl (C=O) groups is 1. The number of anilines is 2. The van der Waals surface area contributed by atoms with Crippen molar-refractivity contribution < 1.29 is 9.18 Å². The molecule has 0 unspecified atom stereocenters. The van der Waals surface area contributed by atoms with Crippen molar-refractivity contribution in [1.29, 1.82) is 0 Å². The van der Waals surface area contributed by atoms with Gasteiger partial charge in [-0.15, -0.1) is 0 Å². The predicted molar refractivity (Wildman–Crippen MR) is 80.4 cm³/mol. The average molecular weight is 271 g/mol. The Balaban J connectivity index is 2.42. The molecule has 0 aliphatic heterocycles. The third-order valence-electron chi connectivity index (χ3n) is 3.31. The van der Waals surface area contributed by atoms with Crippen LogP contribution < -0.4 is 4.90 Å². The lowest BCUT2D eigenvalue weighted by molar-refractivity contribution is 0.101. The zero-order valence-corrected chi connectivity index (χ0v) is 12.2. The van der Waals surface area contributed by atoms with Crippen LogP contribution in [-0.4, -0.2) is 12.8 Å². The van der Waals surface area contributed by atoms with Crippen molar-refractivity contribution in [2.75, 3.05) is 11.9 Å². The maximum atomic E-state index is 14.2. The third kappa shape index (κ3) is 2.87. The van der Waals surface area contributed by atoms with Crippen LogP contribution in [0.4, 0.5) is 15.8 Å². The van der Waals surface area contributed by atoms with Crippen LogP contribution in [0, 0.1) is 19.7 Å². The normalized spacial score (nSPS) is 10.4. The first-order valence-corrected chi connectivity index (χ1v) is 6.51. The number of nitrogens with zero attached hydrogens (tertiary/aromatic N) is 1. The molecule has 2 rings (SSSR count). The Labute approximate surface area is 118 Å². The molecule has 0 amide bonds. The molecule has 0 saturated carbocycles. The van der Waals surface area contributed by atoms with E-state index in [2.05, 4.69) is 6.07 Å². The lowest BCUT2D eigenvalue weighted by atomic mass is 10.1. The van der Waals surface area contributed by atoms with Crippen molar-refractivity contribution >= 4 is 17.2 Å². The second kappa shape index (κ2) is 5.45. The highest BCUT2D eigenvalue weighted by Crippen LogP contribution is 2.28. The molecule has 2 nitrogen and oxygen atoms in total. The van der Waals surface area contributed by atoms with Crippen LogP contribution in [0.2, 0.25) is 0 Å². The van der Waals surface area contributed by atoms with E-state index in [9.17, 15) is 9.18 Å². The maximum absolute atomic E-state index is 14.2. The molecule has 0 radical (unpaired) electrons. The molecule has 0 aliphatic rings. The van der Waals surface area contributed by atoms with E-state index in [4.69, 9.17) is 0 Å². The fourth-order valence-corrected chi connectivity index (χ4v) is 2.28. The fraction of sp³-hybridized carbons (Fsp3) is 0.235. The van der Waals surface area contributed by atoms with Gasteiger partial charge in [0.05, 0.1) is 5.69 Å². The summed E-state index contributed by atoms with van der Waals surface area (Å²) in [6, 6.07) is 10.7. The summed E-state index contributed by atoms with van der Waals surface area (Å²) in [5.41, 5.74) is 4.04. The first-order chi connectivity index (χ1) is 9.38. The SMILES string of the molecule is CC(=O)c1ccc(N(C)c2cc(C)cc(C)c2)c(F)c1. The van der Waals surface area contributed by atoms with Crippen LogP contribution in [0.1, 0.15) is 28.4 Å². The predicted octanol–water partition coefficient (Wildman–Crippen LogP) is 4.41. The molecule has 0 aromatic heterocycles. The van der Waals surface area contributed by atoms with E-state index >= 15 is 0 Å². The molecule has 3 heteroatoms. The van der Waals surface area contributed by atoms with Gasteiger partial charge in [0.2, 0.25) is 0 Å². The van der Waals surface area contributed by atoms with Crippen molar-refractivity contribution in [3.05, 3.63) is 58.9 Å². The first-order valence-electron chi connectivity index (χ1n) is 6.51. The van der Waals surface area contributed by atoms with Crippen LogP contribution in [0.25, 0.3) is 0 Å². The minimum absolute atomic E-state index is 0.135. The van der Waals surface area contributed by atoms with E-state index < -0.39 is 0 Å². The second-order valence-corrected chi connectivity index (χ2v) is 5.13.